The van der Waals surface area contributed by atoms with E-state index in [-0.39, 0.29) is 17.3 Å². The molecule has 4 nitrogen and oxygen atoms in total. The Morgan fingerprint density at radius 1 is 1.46 bits per heavy atom. The Hall–Kier alpha value is -1.81. The van der Waals surface area contributed by atoms with Crippen LogP contribution in [0.25, 0.3) is 5.57 Å². The molecule has 2 fully saturated rings. The van der Waals surface area contributed by atoms with Gasteiger partial charge in [-0.3, -0.25) is 9.69 Å². The molecule has 0 radical (unpaired) electrons. The zero-order chi connectivity index (χ0) is 19.6. The maximum absolute atomic E-state index is 13.0. The number of Topliss-reactive ketones (excluding diaryl/α,β-unsaturated/α-hetero) is 1. The van der Waals surface area contributed by atoms with Gasteiger partial charge >= 0.3 is 0 Å². The molecule has 1 saturated carbocycles. The minimum absolute atomic E-state index is 0.162. The van der Waals surface area contributed by atoms with Crippen molar-refractivity contribution in [2.75, 3.05) is 20.2 Å². The van der Waals surface area contributed by atoms with Gasteiger partial charge in [-0.05, 0) is 68.8 Å². The number of rotatable bonds is 5. The van der Waals surface area contributed by atoms with Gasteiger partial charge in [0.05, 0.1) is 7.11 Å². The van der Waals surface area contributed by atoms with Gasteiger partial charge in [-0.1, -0.05) is 25.5 Å². The predicted molar refractivity (Wildman–Crippen MR) is 110 cm³/mol. The number of hydrogen-bond donors (Lipinski definition) is 0. The maximum Gasteiger partial charge on any atom is 0.174 e. The molecule has 2 unspecified atom stereocenters. The normalized spacial score (nSPS) is 32.7. The monoisotopic (exact) mass is 381 g/mol. The molecule has 0 aromatic heterocycles. The summed E-state index contributed by atoms with van der Waals surface area (Å²) in [5, 5.41) is 0. The molecule has 0 N–H and O–H groups in total. The number of nitrogens with zero attached hydrogens (tertiary/aromatic N) is 1. The minimum Gasteiger partial charge on any atom is -0.493 e. The maximum atomic E-state index is 13.0. The summed E-state index contributed by atoms with van der Waals surface area (Å²) >= 11 is 0. The third kappa shape index (κ3) is 2.18. The fraction of sp³-hybridized carbons (Fsp3) is 0.625. The molecule has 1 aromatic rings. The molecule has 2 heterocycles. The van der Waals surface area contributed by atoms with E-state index in [2.05, 4.69) is 31.4 Å². The van der Waals surface area contributed by atoms with E-state index >= 15 is 0 Å². The number of unbranched alkanes of at least 4 members (excludes halogenated alkanes) is 1. The molecule has 4 heteroatoms. The smallest absolute Gasteiger partial charge is 0.174 e. The van der Waals surface area contributed by atoms with Crippen LogP contribution in [0.2, 0.25) is 0 Å². The number of hydrogen-bond acceptors (Lipinski definition) is 4. The number of piperidine rings is 1. The summed E-state index contributed by atoms with van der Waals surface area (Å²) in [4.78, 5) is 15.7. The van der Waals surface area contributed by atoms with E-state index in [0.29, 0.717) is 18.4 Å². The first kappa shape index (κ1) is 18.2. The highest BCUT2D eigenvalue weighted by atomic mass is 16.5. The Balaban J connectivity index is 1.74. The van der Waals surface area contributed by atoms with Gasteiger partial charge in [0.25, 0.3) is 0 Å². The van der Waals surface area contributed by atoms with E-state index in [4.69, 9.17) is 9.47 Å². The fourth-order valence-electron chi connectivity index (χ4n) is 6.65. The van der Waals surface area contributed by atoms with Crippen LogP contribution in [-0.4, -0.2) is 43.0 Å². The lowest BCUT2D eigenvalue weighted by molar-refractivity contribution is -0.138. The van der Waals surface area contributed by atoms with Gasteiger partial charge in [-0.2, -0.15) is 0 Å². The number of ether oxygens (including phenoxy) is 2. The molecule has 1 spiro atoms. The third-order valence-electron chi connectivity index (χ3n) is 7.82. The van der Waals surface area contributed by atoms with Crippen LogP contribution >= 0.6 is 0 Å². The molecule has 5 rings (SSSR count). The second kappa shape index (κ2) is 6.35. The Kier molecular flexibility index (Phi) is 4.13. The van der Waals surface area contributed by atoms with Crippen LogP contribution in [0.3, 0.4) is 0 Å². The van der Waals surface area contributed by atoms with E-state index in [0.717, 1.165) is 49.4 Å². The van der Waals surface area contributed by atoms with Crippen molar-refractivity contribution in [3.8, 4) is 11.5 Å². The van der Waals surface area contributed by atoms with Gasteiger partial charge in [0.15, 0.2) is 23.4 Å². The number of ketones is 1. The largest absolute Gasteiger partial charge is 0.493 e. The first-order chi connectivity index (χ1) is 13.5. The first-order valence-electron chi connectivity index (χ1n) is 10.9. The van der Waals surface area contributed by atoms with Crippen LogP contribution in [0.5, 0.6) is 11.5 Å². The lowest BCUT2D eigenvalue weighted by Gasteiger charge is -2.58. The van der Waals surface area contributed by atoms with Crippen LogP contribution in [0.15, 0.2) is 12.6 Å². The molecular weight excluding hydrogens is 350 g/mol. The zero-order valence-electron chi connectivity index (χ0n) is 17.3. The average Bonchev–Trinajstić information content (AvgIpc) is 3.03. The second-order valence-electron chi connectivity index (χ2n) is 9.15. The lowest BCUT2D eigenvalue weighted by Crippen LogP contribution is -2.66. The van der Waals surface area contributed by atoms with Crippen LogP contribution in [0.4, 0.5) is 0 Å². The Morgan fingerprint density at radius 2 is 2.29 bits per heavy atom. The zero-order valence-corrected chi connectivity index (χ0v) is 17.3. The summed E-state index contributed by atoms with van der Waals surface area (Å²) in [7, 11) is 1.70. The Bertz CT molecular complexity index is 860. The molecule has 4 atom stereocenters. The van der Waals surface area contributed by atoms with Crippen molar-refractivity contribution in [3.05, 3.63) is 29.3 Å². The highest BCUT2D eigenvalue weighted by molar-refractivity contribution is 5.90. The van der Waals surface area contributed by atoms with Crippen LogP contribution in [0, 0.1) is 5.92 Å². The third-order valence-corrected chi connectivity index (χ3v) is 7.82. The molecule has 0 amide bonds. The van der Waals surface area contributed by atoms with Crippen molar-refractivity contribution in [3.63, 3.8) is 0 Å². The van der Waals surface area contributed by atoms with Crippen LogP contribution in [0.1, 0.15) is 62.6 Å². The molecule has 4 aliphatic rings. The fourth-order valence-corrected chi connectivity index (χ4v) is 6.65. The van der Waals surface area contributed by atoms with Gasteiger partial charge in [-0.25, -0.2) is 0 Å². The predicted octanol–water partition coefficient (Wildman–Crippen LogP) is 4.14. The highest BCUT2D eigenvalue weighted by Gasteiger charge is 2.66. The first-order valence-corrected chi connectivity index (χ1v) is 10.9. The second-order valence-corrected chi connectivity index (χ2v) is 9.15. The molecule has 2 aliphatic carbocycles. The van der Waals surface area contributed by atoms with E-state index in [1.807, 2.05) is 0 Å². The summed E-state index contributed by atoms with van der Waals surface area (Å²) in [6.45, 7) is 10.8. The van der Waals surface area contributed by atoms with E-state index in [1.54, 1.807) is 7.11 Å². The number of carbonyl (C=O) groups is 1. The molecule has 1 saturated heterocycles. The van der Waals surface area contributed by atoms with Gasteiger partial charge in [0, 0.05) is 23.4 Å². The topological polar surface area (TPSA) is 38.8 Å². The number of benzene rings is 1. The molecular formula is C24H31NO3. The number of carbonyl (C=O) groups excluding carboxylic acids is 1. The van der Waals surface area contributed by atoms with Crippen molar-refractivity contribution in [2.45, 2.75) is 69.9 Å². The summed E-state index contributed by atoms with van der Waals surface area (Å²) in [6.07, 6.45) is 5.82. The number of allylic oxidation sites excluding steroid dienone is 1. The van der Waals surface area contributed by atoms with Crippen LogP contribution in [-0.2, 0) is 16.6 Å². The van der Waals surface area contributed by atoms with Crippen LogP contribution < -0.4 is 9.47 Å². The molecule has 28 heavy (non-hydrogen) atoms. The Morgan fingerprint density at radius 3 is 3.00 bits per heavy atom. The quantitative estimate of drug-likeness (QED) is 0.768. The molecule has 150 valence electrons. The van der Waals surface area contributed by atoms with Crippen molar-refractivity contribution in [1.29, 1.82) is 0 Å². The number of likely N-dealkylation sites (tertiary alicyclic amines) is 1. The van der Waals surface area contributed by atoms with E-state index in [9.17, 15) is 4.79 Å². The minimum atomic E-state index is -0.328. The van der Waals surface area contributed by atoms with Gasteiger partial charge in [0.2, 0.25) is 0 Å². The van der Waals surface area contributed by atoms with Crippen molar-refractivity contribution < 1.29 is 14.3 Å². The average molecular weight is 382 g/mol. The van der Waals surface area contributed by atoms with Crippen molar-refractivity contribution in [2.24, 2.45) is 5.92 Å². The number of methoxy groups -OCH3 is 1. The van der Waals surface area contributed by atoms with Gasteiger partial charge < -0.3 is 9.47 Å². The summed E-state index contributed by atoms with van der Waals surface area (Å²) < 4.78 is 12.2. The SMILES string of the molecule is C=C(C)c1cc(OC)c2c3c1CC1C4CCC(=O)[C@@H](O2)[C@@]34CCN1CCCC. The molecule has 1 aromatic carbocycles. The summed E-state index contributed by atoms with van der Waals surface area (Å²) in [5.41, 5.74) is 4.75. The van der Waals surface area contributed by atoms with E-state index < -0.39 is 0 Å². The van der Waals surface area contributed by atoms with E-state index in [1.165, 1.54) is 29.5 Å². The van der Waals surface area contributed by atoms with Crippen molar-refractivity contribution in [1.82, 2.24) is 4.90 Å². The Labute approximate surface area is 167 Å². The van der Waals surface area contributed by atoms with Gasteiger partial charge in [0.1, 0.15) is 0 Å². The standard InChI is InChI=1S/C24H31NO3/c1-5-6-10-25-11-9-24-17-7-8-19(26)23(24)28-22-20(27-4)13-15(14(2)3)16(21(22)24)12-18(17)25/h13,17-18,23H,2,5-12H2,1,3-4H3/t17?,18?,23-,24-/m1/s1. The molecule has 2 bridgehead atoms. The van der Waals surface area contributed by atoms with Crippen molar-refractivity contribution >= 4 is 11.4 Å². The molecule has 2 aliphatic heterocycles. The van der Waals surface area contributed by atoms with Gasteiger partial charge in [-0.15, -0.1) is 0 Å². The summed E-state index contributed by atoms with van der Waals surface area (Å²) in [6, 6.07) is 2.59. The summed E-state index contributed by atoms with van der Waals surface area (Å²) in [5.74, 6) is 2.38. The highest BCUT2D eigenvalue weighted by Crippen LogP contribution is 2.64. The lowest BCUT2D eigenvalue weighted by atomic mass is 9.51.